The summed E-state index contributed by atoms with van der Waals surface area (Å²) in [6.45, 7) is 7.38. The third kappa shape index (κ3) is 8.49. The number of benzene rings is 4. The highest BCUT2D eigenvalue weighted by molar-refractivity contribution is 7.92. The first-order valence-corrected chi connectivity index (χ1v) is 17.8. The lowest BCUT2D eigenvalue weighted by Gasteiger charge is -2.34. The number of nitrogens with one attached hydrogen (secondary N) is 1. The fourth-order valence-corrected chi connectivity index (χ4v) is 7.73. The summed E-state index contributed by atoms with van der Waals surface area (Å²) >= 11 is 0. The van der Waals surface area contributed by atoms with E-state index in [4.69, 9.17) is 0 Å². The minimum atomic E-state index is -4.15. The number of hydrogen-bond acceptors (Lipinski definition) is 4. The zero-order valence-electron chi connectivity index (χ0n) is 27.8. The average molecular weight is 652 g/mol. The van der Waals surface area contributed by atoms with Crippen molar-refractivity contribution in [1.82, 2.24) is 10.2 Å². The fraction of sp³-hybridized carbons (Fsp3) is 0.333. The van der Waals surface area contributed by atoms with Gasteiger partial charge < -0.3 is 10.2 Å². The first-order valence-electron chi connectivity index (χ1n) is 16.4. The predicted molar refractivity (Wildman–Crippen MR) is 188 cm³/mol. The third-order valence-corrected chi connectivity index (χ3v) is 10.7. The van der Waals surface area contributed by atoms with E-state index in [9.17, 15) is 18.0 Å². The molecule has 1 fully saturated rings. The van der Waals surface area contributed by atoms with Gasteiger partial charge in [-0.05, 0) is 75.4 Å². The van der Waals surface area contributed by atoms with Crippen LogP contribution in [0.1, 0.15) is 59.1 Å². The van der Waals surface area contributed by atoms with Crippen LogP contribution in [0.2, 0.25) is 0 Å². The highest BCUT2D eigenvalue weighted by atomic mass is 32.2. The zero-order chi connectivity index (χ0) is 33.6. The predicted octanol–water partition coefficient (Wildman–Crippen LogP) is 6.81. The van der Waals surface area contributed by atoms with E-state index < -0.39 is 28.5 Å². The number of aryl methyl sites for hydroxylation is 4. The number of amides is 2. The average Bonchev–Trinajstić information content (AvgIpc) is 3.56. The Morgan fingerprint density at radius 3 is 1.98 bits per heavy atom. The summed E-state index contributed by atoms with van der Waals surface area (Å²) in [5.74, 6) is -0.676. The Kier molecular flexibility index (Phi) is 10.8. The van der Waals surface area contributed by atoms with Gasteiger partial charge in [-0.3, -0.25) is 13.9 Å². The number of sulfonamides is 1. The molecule has 1 aliphatic carbocycles. The summed E-state index contributed by atoms with van der Waals surface area (Å²) in [5.41, 5.74) is 5.93. The van der Waals surface area contributed by atoms with E-state index in [1.54, 1.807) is 35.2 Å². The van der Waals surface area contributed by atoms with Crippen molar-refractivity contribution >= 4 is 27.5 Å². The van der Waals surface area contributed by atoms with E-state index >= 15 is 0 Å². The van der Waals surface area contributed by atoms with Crippen LogP contribution < -0.4 is 9.62 Å². The van der Waals surface area contributed by atoms with E-state index in [0.29, 0.717) is 12.1 Å². The summed E-state index contributed by atoms with van der Waals surface area (Å²) < 4.78 is 29.9. The van der Waals surface area contributed by atoms with E-state index in [2.05, 4.69) is 5.32 Å². The number of anilines is 1. The molecule has 0 bridgehead atoms. The Balaban J connectivity index is 1.58. The molecule has 8 heteroatoms. The van der Waals surface area contributed by atoms with E-state index in [0.717, 1.165) is 59.1 Å². The van der Waals surface area contributed by atoms with Gasteiger partial charge >= 0.3 is 0 Å². The molecule has 47 heavy (non-hydrogen) atoms. The van der Waals surface area contributed by atoms with Crippen LogP contribution >= 0.6 is 0 Å². The summed E-state index contributed by atoms with van der Waals surface area (Å²) in [6, 6.07) is 28.9. The van der Waals surface area contributed by atoms with Crippen LogP contribution in [0.25, 0.3) is 0 Å². The van der Waals surface area contributed by atoms with Gasteiger partial charge in [0, 0.05) is 19.0 Å². The van der Waals surface area contributed by atoms with Gasteiger partial charge in [-0.25, -0.2) is 8.42 Å². The molecule has 246 valence electrons. The van der Waals surface area contributed by atoms with Crippen molar-refractivity contribution in [3.05, 3.63) is 130 Å². The number of carbonyl (C=O) groups excluding carboxylic acids is 2. The van der Waals surface area contributed by atoms with Gasteiger partial charge in [-0.1, -0.05) is 108 Å². The van der Waals surface area contributed by atoms with Crippen molar-refractivity contribution in [2.75, 3.05) is 10.8 Å². The molecule has 0 aromatic heterocycles. The summed E-state index contributed by atoms with van der Waals surface area (Å²) in [4.78, 5) is 30.5. The Morgan fingerprint density at radius 1 is 0.766 bits per heavy atom. The lowest BCUT2D eigenvalue weighted by atomic mass is 10.0. The Morgan fingerprint density at radius 2 is 1.36 bits per heavy atom. The molecular formula is C39H45N3O4S. The van der Waals surface area contributed by atoms with Gasteiger partial charge in [0.05, 0.1) is 10.6 Å². The molecule has 0 aliphatic heterocycles. The molecule has 0 saturated heterocycles. The first-order chi connectivity index (χ1) is 22.5. The third-order valence-electron chi connectivity index (χ3n) is 8.96. The Labute approximate surface area is 279 Å². The molecule has 2 amide bonds. The van der Waals surface area contributed by atoms with Gasteiger partial charge in [0.15, 0.2) is 0 Å². The van der Waals surface area contributed by atoms with Crippen LogP contribution in [-0.2, 0) is 32.6 Å². The van der Waals surface area contributed by atoms with Gasteiger partial charge in [0.25, 0.3) is 10.0 Å². The quantitative estimate of drug-likeness (QED) is 0.182. The van der Waals surface area contributed by atoms with Crippen molar-refractivity contribution in [2.24, 2.45) is 0 Å². The summed E-state index contributed by atoms with van der Waals surface area (Å²) in [7, 11) is -4.15. The molecule has 0 spiro atoms. The Hall–Kier alpha value is -4.43. The maximum Gasteiger partial charge on any atom is 0.264 e. The van der Waals surface area contributed by atoms with Gasteiger partial charge in [0.1, 0.15) is 12.6 Å². The lowest BCUT2D eigenvalue weighted by molar-refractivity contribution is -0.140. The number of rotatable bonds is 12. The molecule has 5 rings (SSSR count). The molecule has 1 saturated carbocycles. The normalized spacial score (nSPS) is 14.0. The topological polar surface area (TPSA) is 86.8 Å². The van der Waals surface area contributed by atoms with Gasteiger partial charge in [-0.2, -0.15) is 0 Å². The maximum atomic E-state index is 14.7. The van der Waals surface area contributed by atoms with Crippen LogP contribution in [0, 0.1) is 27.7 Å². The molecule has 7 nitrogen and oxygen atoms in total. The van der Waals surface area contributed by atoms with Crippen LogP contribution in [0.5, 0.6) is 0 Å². The smallest absolute Gasteiger partial charge is 0.264 e. The maximum absolute atomic E-state index is 14.7. The highest BCUT2D eigenvalue weighted by Gasteiger charge is 2.36. The van der Waals surface area contributed by atoms with Crippen LogP contribution in [0.3, 0.4) is 0 Å². The standard InChI is InChI=1S/C39H45N3O4S/c1-28-14-19-33(20-15-28)26-41(37(25-32-10-6-5-7-11-32)39(44)40-34-12-8-9-13-34)38(43)27-42(36-23-18-30(3)24-31(36)4)47(45,46)35-21-16-29(2)17-22-35/h5-7,10-11,14-24,34,37H,8-9,12-13,25-27H2,1-4H3,(H,40,44). The van der Waals surface area contributed by atoms with E-state index in [1.165, 1.54) is 4.31 Å². The second-order valence-electron chi connectivity index (χ2n) is 12.8. The molecule has 0 radical (unpaired) electrons. The number of nitrogens with zero attached hydrogens (tertiary/aromatic N) is 2. The Bertz CT molecular complexity index is 1780. The molecular weight excluding hydrogens is 607 g/mol. The van der Waals surface area contributed by atoms with E-state index in [1.807, 2.05) is 94.4 Å². The molecule has 1 aliphatic rings. The molecule has 1 atom stereocenters. The first kappa shape index (κ1) is 33.9. The number of hydrogen-bond donors (Lipinski definition) is 1. The van der Waals surface area contributed by atoms with Crippen molar-refractivity contribution < 1.29 is 18.0 Å². The molecule has 1 N–H and O–H groups in total. The minimum Gasteiger partial charge on any atom is -0.352 e. The van der Waals surface area contributed by atoms with Crippen molar-refractivity contribution in [1.29, 1.82) is 0 Å². The van der Waals surface area contributed by atoms with E-state index in [-0.39, 0.29) is 23.4 Å². The van der Waals surface area contributed by atoms with Crippen molar-refractivity contribution in [3.63, 3.8) is 0 Å². The SMILES string of the molecule is Cc1ccc(CN(C(=O)CN(c2ccc(C)cc2C)S(=O)(=O)c2ccc(C)cc2)C(Cc2ccccc2)C(=O)NC2CCCC2)cc1. The molecule has 0 heterocycles. The minimum absolute atomic E-state index is 0.0609. The second-order valence-corrected chi connectivity index (χ2v) is 14.7. The van der Waals surface area contributed by atoms with Gasteiger partial charge in [-0.15, -0.1) is 0 Å². The lowest BCUT2D eigenvalue weighted by Crippen LogP contribution is -2.54. The van der Waals surface area contributed by atoms with Crippen LogP contribution in [0.15, 0.2) is 102 Å². The highest BCUT2D eigenvalue weighted by Crippen LogP contribution is 2.29. The van der Waals surface area contributed by atoms with Crippen molar-refractivity contribution in [2.45, 2.75) is 83.3 Å². The van der Waals surface area contributed by atoms with Crippen LogP contribution in [-0.4, -0.2) is 43.8 Å². The molecule has 1 unspecified atom stereocenters. The van der Waals surface area contributed by atoms with Gasteiger partial charge in [0.2, 0.25) is 11.8 Å². The monoisotopic (exact) mass is 651 g/mol. The van der Waals surface area contributed by atoms with Crippen LogP contribution in [0.4, 0.5) is 5.69 Å². The largest absolute Gasteiger partial charge is 0.352 e. The zero-order valence-corrected chi connectivity index (χ0v) is 28.6. The molecule has 4 aromatic rings. The van der Waals surface area contributed by atoms with Crippen molar-refractivity contribution in [3.8, 4) is 0 Å². The fourth-order valence-electron chi connectivity index (χ4n) is 6.25. The number of carbonyl (C=O) groups is 2. The molecule has 4 aromatic carbocycles. The summed E-state index contributed by atoms with van der Waals surface area (Å²) in [6.07, 6.45) is 4.23. The summed E-state index contributed by atoms with van der Waals surface area (Å²) in [5, 5.41) is 3.23. The second kappa shape index (κ2) is 15.0.